The zero-order valence-corrected chi connectivity index (χ0v) is 17.2. The molecule has 0 aliphatic carbocycles. The number of hydrogen-bond acceptors (Lipinski definition) is 5. The summed E-state index contributed by atoms with van der Waals surface area (Å²) in [4.78, 5) is 32.0. The van der Waals surface area contributed by atoms with Crippen molar-refractivity contribution >= 4 is 28.2 Å². The van der Waals surface area contributed by atoms with Crippen LogP contribution < -0.4 is 5.32 Å². The van der Waals surface area contributed by atoms with Gasteiger partial charge in [0.25, 0.3) is 5.91 Å². The van der Waals surface area contributed by atoms with E-state index >= 15 is 0 Å². The lowest BCUT2D eigenvalue weighted by Gasteiger charge is -2.27. The fourth-order valence-electron chi connectivity index (χ4n) is 3.58. The topological polar surface area (TPSA) is 91.0 Å². The molecule has 2 aromatic heterocycles. The maximum atomic E-state index is 12.6. The van der Waals surface area contributed by atoms with E-state index in [4.69, 9.17) is 0 Å². The van der Waals surface area contributed by atoms with Crippen LogP contribution in [0.5, 0.6) is 0 Å². The van der Waals surface area contributed by atoms with Gasteiger partial charge in [0.2, 0.25) is 5.91 Å². The second-order valence-electron chi connectivity index (χ2n) is 7.11. The molecule has 8 heteroatoms. The van der Waals surface area contributed by atoms with Gasteiger partial charge in [-0.2, -0.15) is 5.26 Å². The van der Waals surface area contributed by atoms with Crippen molar-refractivity contribution in [3.63, 3.8) is 0 Å². The summed E-state index contributed by atoms with van der Waals surface area (Å²) in [5.74, 6) is -0.124. The second kappa shape index (κ2) is 8.93. The minimum Gasteiger partial charge on any atom is -0.337 e. The van der Waals surface area contributed by atoms with Crippen LogP contribution in [0.3, 0.4) is 0 Å². The molecular formula is C22H21N5O2S. The first-order valence-corrected chi connectivity index (χ1v) is 10.6. The van der Waals surface area contributed by atoms with Crippen molar-refractivity contribution < 1.29 is 9.59 Å². The molecule has 1 aliphatic heterocycles. The number of carbonyl (C=O) groups excluding carboxylic acids is 2. The van der Waals surface area contributed by atoms with Crippen LogP contribution in [-0.2, 0) is 24.3 Å². The predicted molar refractivity (Wildman–Crippen MR) is 114 cm³/mol. The molecule has 0 saturated heterocycles. The summed E-state index contributed by atoms with van der Waals surface area (Å²) >= 11 is 1.39. The summed E-state index contributed by atoms with van der Waals surface area (Å²) in [6, 6.07) is 11.2. The zero-order chi connectivity index (χ0) is 20.9. The number of amides is 2. The number of hydrogen-bond donors (Lipinski definition) is 1. The molecule has 0 atom stereocenters. The number of aromatic nitrogens is 2. The number of nitrogens with one attached hydrogen (secondary N) is 1. The fourth-order valence-corrected chi connectivity index (χ4v) is 4.79. The van der Waals surface area contributed by atoms with E-state index in [-0.39, 0.29) is 11.8 Å². The van der Waals surface area contributed by atoms with Crippen LogP contribution >= 0.6 is 11.3 Å². The number of aryl methyl sites for hydroxylation is 1. The van der Waals surface area contributed by atoms with Gasteiger partial charge >= 0.3 is 0 Å². The highest BCUT2D eigenvalue weighted by molar-refractivity contribution is 7.16. The number of anilines is 1. The highest BCUT2D eigenvalue weighted by Gasteiger charge is 2.27. The van der Waals surface area contributed by atoms with Crippen molar-refractivity contribution in [2.24, 2.45) is 0 Å². The maximum Gasteiger partial charge on any atom is 0.256 e. The van der Waals surface area contributed by atoms with Gasteiger partial charge in [0.15, 0.2) is 0 Å². The van der Waals surface area contributed by atoms with Crippen molar-refractivity contribution in [1.82, 2.24) is 14.5 Å². The molecule has 7 nitrogen and oxygen atoms in total. The Morgan fingerprint density at radius 2 is 2.10 bits per heavy atom. The number of imidazole rings is 1. The van der Waals surface area contributed by atoms with E-state index in [9.17, 15) is 14.9 Å². The highest BCUT2D eigenvalue weighted by Crippen LogP contribution is 2.37. The van der Waals surface area contributed by atoms with Gasteiger partial charge in [-0.1, -0.05) is 18.2 Å². The predicted octanol–water partition coefficient (Wildman–Crippen LogP) is 3.43. The average Bonchev–Trinajstić information content (AvgIpc) is 3.40. The number of nitriles is 1. The number of carbonyl (C=O) groups is 2. The molecule has 30 heavy (non-hydrogen) atoms. The zero-order valence-electron chi connectivity index (χ0n) is 16.4. The highest BCUT2D eigenvalue weighted by atomic mass is 32.1. The van der Waals surface area contributed by atoms with Crippen molar-refractivity contribution in [3.8, 4) is 6.07 Å². The van der Waals surface area contributed by atoms with Crippen molar-refractivity contribution in [3.05, 3.63) is 70.6 Å². The number of nitrogens with zero attached hydrogens (tertiary/aromatic N) is 4. The molecular weight excluding hydrogens is 398 g/mol. The van der Waals surface area contributed by atoms with Gasteiger partial charge in [0.1, 0.15) is 11.1 Å². The normalized spacial score (nSPS) is 12.8. The van der Waals surface area contributed by atoms with Gasteiger partial charge in [0.05, 0.1) is 18.4 Å². The van der Waals surface area contributed by atoms with Gasteiger partial charge in [-0.15, -0.1) is 11.3 Å². The molecule has 0 saturated carbocycles. The van der Waals surface area contributed by atoms with Crippen LogP contribution in [0.1, 0.15) is 39.2 Å². The van der Waals surface area contributed by atoms with E-state index in [2.05, 4.69) is 16.4 Å². The molecule has 1 N–H and O–H groups in total. The van der Waals surface area contributed by atoms with Gasteiger partial charge in [0, 0.05) is 42.3 Å². The van der Waals surface area contributed by atoms with Crippen LogP contribution in [0.25, 0.3) is 0 Å². The van der Waals surface area contributed by atoms with E-state index in [0.717, 1.165) is 23.4 Å². The van der Waals surface area contributed by atoms with Crippen LogP contribution in [0.2, 0.25) is 0 Å². The quantitative estimate of drug-likeness (QED) is 0.663. The Balaban J connectivity index is 1.41. The Morgan fingerprint density at radius 1 is 1.27 bits per heavy atom. The van der Waals surface area contributed by atoms with E-state index in [0.29, 0.717) is 42.1 Å². The van der Waals surface area contributed by atoms with E-state index < -0.39 is 0 Å². The third kappa shape index (κ3) is 4.26. The fraction of sp³-hybridized carbons (Fsp3) is 0.273. The van der Waals surface area contributed by atoms with Crippen LogP contribution in [0.4, 0.5) is 5.00 Å². The molecule has 0 unspecified atom stereocenters. The van der Waals surface area contributed by atoms with Crippen LogP contribution in [-0.4, -0.2) is 32.8 Å². The second-order valence-corrected chi connectivity index (χ2v) is 8.21. The summed E-state index contributed by atoms with van der Waals surface area (Å²) in [6.45, 7) is 1.84. The van der Waals surface area contributed by atoms with Gasteiger partial charge in [-0.3, -0.25) is 9.59 Å². The summed E-state index contributed by atoms with van der Waals surface area (Å²) in [5.41, 5.74) is 2.02. The molecule has 3 aromatic rings. The first-order chi connectivity index (χ1) is 14.7. The lowest BCUT2D eigenvalue weighted by molar-refractivity contribution is -0.132. The number of rotatable bonds is 6. The largest absolute Gasteiger partial charge is 0.337 e. The van der Waals surface area contributed by atoms with Gasteiger partial charge in [-0.05, 0) is 30.5 Å². The molecule has 0 fully saturated rings. The summed E-state index contributed by atoms with van der Waals surface area (Å²) in [5, 5.41) is 13.1. The molecule has 0 spiro atoms. The Hall–Kier alpha value is -3.44. The monoisotopic (exact) mass is 419 g/mol. The lowest BCUT2D eigenvalue weighted by atomic mass is 10.0. The van der Waals surface area contributed by atoms with E-state index in [1.54, 1.807) is 36.8 Å². The van der Waals surface area contributed by atoms with Crippen molar-refractivity contribution in [2.75, 3.05) is 11.9 Å². The molecule has 152 valence electrons. The smallest absolute Gasteiger partial charge is 0.256 e. The number of thiophene rings is 1. The third-order valence-electron chi connectivity index (χ3n) is 5.15. The first-order valence-electron chi connectivity index (χ1n) is 9.80. The van der Waals surface area contributed by atoms with E-state index in [1.165, 1.54) is 11.3 Å². The summed E-state index contributed by atoms with van der Waals surface area (Å²) < 4.78 is 1.96. The Morgan fingerprint density at radius 3 is 2.83 bits per heavy atom. The molecule has 2 amide bonds. The molecule has 0 bridgehead atoms. The number of fused-ring (bicyclic) bond motifs is 1. The minimum atomic E-state index is -0.238. The molecule has 4 rings (SSSR count). The lowest BCUT2D eigenvalue weighted by Crippen LogP contribution is -2.35. The minimum absolute atomic E-state index is 0.113. The van der Waals surface area contributed by atoms with Gasteiger partial charge < -0.3 is 14.8 Å². The van der Waals surface area contributed by atoms with Crippen molar-refractivity contribution in [2.45, 2.75) is 32.4 Å². The van der Waals surface area contributed by atoms with Crippen molar-refractivity contribution in [1.29, 1.82) is 5.26 Å². The molecule has 1 aliphatic rings. The molecule has 1 aromatic carbocycles. The Kier molecular flexibility index (Phi) is 5.91. The molecule has 3 heterocycles. The first kappa shape index (κ1) is 19.9. The number of benzene rings is 1. The Labute approximate surface area is 178 Å². The standard InChI is InChI=1S/C22H21N5O2S/c23-13-18-17-8-11-27(20(28)7-4-10-26-12-9-24-15-26)14-19(17)30-22(18)25-21(29)16-5-2-1-3-6-16/h1-3,5-6,9,12,15H,4,7-8,10-11,14H2,(H,25,29). The summed E-state index contributed by atoms with van der Waals surface area (Å²) in [6.07, 6.45) is 7.22. The molecule has 0 radical (unpaired) electrons. The van der Waals surface area contributed by atoms with E-state index in [1.807, 2.05) is 21.7 Å². The SMILES string of the molecule is N#Cc1c(NC(=O)c2ccccc2)sc2c1CCN(C(=O)CCCn1ccnc1)C2. The summed E-state index contributed by atoms with van der Waals surface area (Å²) in [7, 11) is 0. The average molecular weight is 420 g/mol. The maximum absolute atomic E-state index is 12.6. The third-order valence-corrected chi connectivity index (χ3v) is 6.28. The van der Waals surface area contributed by atoms with Gasteiger partial charge in [-0.25, -0.2) is 4.98 Å². The Bertz CT molecular complexity index is 1080. The van der Waals surface area contributed by atoms with Crippen LogP contribution in [0, 0.1) is 11.3 Å². The van der Waals surface area contributed by atoms with Crippen LogP contribution in [0.15, 0.2) is 49.1 Å².